The van der Waals surface area contributed by atoms with Crippen molar-refractivity contribution < 1.29 is 4.74 Å². The van der Waals surface area contributed by atoms with E-state index in [0.717, 1.165) is 35.9 Å². The maximum atomic E-state index is 6.57. The largest absolute Gasteiger partial charge is 0.492 e. The first-order chi connectivity index (χ1) is 16.0. The summed E-state index contributed by atoms with van der Waals surface area (Å²) in [7, 11) is 0. The number of aromatic nitrogens is 2. The topological polar surface area (TPSA) is 35.0 Å². The van der Waals surface area contributed by atoms with Gasteiger partial charge in [-0.2, -0.15) is 0 Å². The SMILES string of the molecule is CCCCCCCCCc1cnc(-c2ccc(OC[C@@H](Cl)[C@@H](C)CCCC(C)C)cc2)nc1. The molecular weight excluding hydrogens is 428 g/mol. The van der Waals surface area contributed by atoms with Gasteiger partial charge in [-0.05, 0) is 60.9 Å². The molecule has 0 bridgehead atoms. The quantitative estimate of drug-likeness (QED) is 0.170. The van der Waals surface area contributed by atoms with Crippen LogP contribution in [-0.2, 0) is 6.42 Å². The first kappa shape index (κ1) is 27.6. The normalized spacial score (nSPS) is 13.3. The number of aryl methyl sites for hydroxylation is 1. The van der Waals surface area contributed by atoms with Gasteiger partial charge in [-0.15, -0.1) is 11.6 Å². The van der Waals surface area contributed by atoms with Crippen molar-refractivity contribution in [1.82, 2.24) is 9.97 Å². The molecular formula is C29H45ClN2O. The number of hydrogen-bond donors (Lipinski definition) is 0. The minimum absolute atomic E-state index is 0.0315. The highest BCUT2D eigenvalue weighted by Crippen LogP contribution is 2.23. The fourth-order valence-corrected chi connectivity index (χ4v) is 4.18. The van der Waals surface area contributed by atoms with Crippen LogP contribution in [0.5, 0.6) is 5.75 Å². The molecule has 0 aliphatic carbocycles. The van der Waals surface area contributed by atoms with Crippen LogP contribution in [0.15, 0.2) is 36.7 Å². The van der Waals surface area contributed by atoms with Crippen molar-refractivity contribution in [2.45, 2.75) is 104 Å². The molecule has 0 fully saturated rings. The Morgan fingerprint density at radius 2 is 1.45 bits per heavy atom. The highest BCUT2D eigenvalue weighted by Gasteiger charge is 2.15. The molecule has 0 unspecified atom stereocenters. The fraction of sp³-hybridized carbons (Fsp3) is 0.655. The van der Waals surface area contributed by atoms with Gasteiger partial charge in [0.2, 0.25) is 0 Å². The van der Waals surface area contributed by atoms with E-state index < -0.39 is 0 Å². The van der Waals surface area contributed by atoms with E-state index >= 15 is 0 Å². The van der Waals surface area contributed by atoms with Gasteiger partial charge in [-0.3, -0.25) is 0 Å². The number of unbranched alkanes of at least 4 members (excludes halogenated alkanes) is 6. The van der Waals surface area contributed by atoms with E-state index in [-0.39, 0.29) is 5.38 Å². The Balaban J connectivity index is 1.72. The van der Waals surface area contributed by atoms with E-state index in [1.165, 1.54) is 63.4 Å². The molecule has 1 aromatic heterocycles. The molecule has 0 aliphatic rings. The van der Waals surface area contributed by atoms with E-state index in [9.17, 15) is 0 Å². The third kappa shape index (κ3) is 11.4. The summed E-state index contributed by atoms with van der Waals surface area (Å²) in [5.41, 5.74) is 2.23. The molecule has 0 saturated carbocycles. The van der Waals surface area contributed by atoms with E-state index in [1.807, 2.05) is 36.7 Å². The second-order valence-corrected chi connectivity index (χ2v) is 10.5. The summed E-state index contributed by atoms with van der Waals surface area (Å²) in [5, 5.41) is 0.0315. The number of benzene rings is 1. The van der Waals surface area contributed by atoms with Gasteiger partial charge in [0.25, 0.3) is 0 Å². The maximum absolute atomic E-state index is 6.57. The van der Waals surface area contributed by atoms with Crippen LogP contribution in [0.3, 0.4) is 0 Å². The van der Waals surface area contributed by atoms with Crippen LogP contribution in [0.1, 0.15) is 97.5 Å². The van der Waals surface area contributed by atoms with E-state index in [2.05, 4.69) is 37.7 Å². The molecule has 3 nitrogen and oxygen atoms in total. The van der Waals surface area contributed by atoms with Gasteiger partial charge in [0.15, 0.2) is 5.82 Å². The lowest BCUT2D eigenvalue weighted by Gasteiger charge is -2.19. The Labute approximate surface area is 207 Å². The molecule has 0 spiro atoms. The number of alkyl halides is 1. The summed E-state index contributed by atoms with van der Waals surface area (Å²) in [6.45, 7) is 9.56. The first-order valence-corrected chi connectivity index (χ1v) is 13.6. The minimum Gasteiger partial charge on any atom is -0.492 e. The molecule has 2 rings (SSSR count). The minimum atomic E-state index is 0.0315. The molecule has 0 radical (unpaired) electrons. The van der Waals surface area contributed by atoms with Gasteiger partial charge in [-0.25, -0.2) is 9.97 Å². The predicted molar refractivity (Wildman–Crippen MR) is 142 cm³/mol. The number of rotatable bonds is 17. The van der Waals surface area contributed by atoms with E-state index in [4.69, 9.17) is 16.3 Å². The summed E-state index contributed by atoms with van der Waals surface area (Å²) < 4.78 is 5.94. The predicted octanol–water partition coefficient (Wildman–Crippen LogP) is 8.89. The molecule has 2 aromatic rings. The second kappa shape index (κ2) is 16.1. The van der Waals surface area contributed by atoms with Crippen LogP contribution in [0.25, 0.3) is 11.4 Å². The molecule has 1 heterocycles. The molecule has 1 aromatic carbocycles. The first-order valence-electron chi connectivity index (χ1n) is 13.2. The summed E-state index contributed by atoms with van der Waals surface area (Å²) >= 11 is 6.57. The lowest BCUT2D eigenvalue weighted by atomic mass is 9.97. The third-order valence-electron chi connectivity index (χ3n) is 6.35. The Bertz CT molecular complexity index is 745. The second-order valence-electron chi connectivity index (χ2n) is 9.94. The number of nitrogens with zero attached hydrogens (tertiary/aromatic N) is 2. The van der Waals surface area contributed by atoms with Crippen LogP contribution in [0, 0.1) is 11.8 Å². The smallest absolute Gasteiger partial charge is 0.159 e. The molecule has 0 aliphatic heterocycles. The average molecular weight is 473 g/mol. The van der Waals surface area contributed by atoms with Crippen LogP contribution >= 0.6 is 11.6 Å². The molecule has 2 atom stereocenters. The third-order valence-corrected chi connectivity index (χ3v) is 6.91. The zero-order valence-electron chi connectivity index (χ0n) is 21.4. The van der Waals surface area contributed by atoms with Gasteiger partial charge in [-0.1, -0.05) is 79.1 Å². The summed E-state index contributed by atoms with van der Waals surface area (Å²) in [5.74, 6) is 2.82. The zero-order valence-corrected chi connectivity index (χ0v) is 22.1. The Morgan fingerprint density at radius 1 is 0.818 bits per heavy atom. The fourth-order valence-electron chi connectivity index (χ4n) is 3.99. The Hall–Kier alpha value is -1.61. The molecule has 0 amide bonds. The van der Waals surface area contributed by atoms with Gasteiger partial charge in [0, 0.05) is 18.0 Å². The molecule has 0 saturated heterocycles. The zero-order chi connectivity index (χ0) is 23.9. The van der Waals surface area contributed by atoms with Crippen LogP contribution < -0.4 is 4.74 Å². The molecule has 184 valence electrons. The van der Waals surface area contributed by atoms with Crippen LogP contribution in [0.2, 0.25) is 0 Å². The number of halogens is 1. The number of hydrogen-bond acceptors (Lipinski definition) is 3. The highest BCUT2D eigenvalue weighted by atomic mass is 35.5. The van der Waals surface area contributed by atoms with Crippen molar-refractivity contribution in [3.63, 3.8) is 0 Å². The van der Waals surface area contributed by atoms with Gasteiger partial charge in [0.1, 0.15) is 12.4 Å². The van der Waals surface area contributed by atoms with E-state index in [1.54, 1.807) is 0 Å². The molecule has 33 heavy (non-hydrogen) atoms. The lowest BCUT2D eigenvalue weighted by Crippen LogP contribution is -2.20. The van der Waals surface area contributed by atoms with Gasteiger partial charge in [0.05, 0.1) is 5.38 Å². The van der Waals surface area contributed by atoms with Crippen molar-refractivity contribution in [2.24, 2.45) is 11.8 Å². The summed E-state index contributed by atoms with van der Waals surface area (Å²) in [6, 6.07) is 8.02. The molecule has 0 N–H and O–H groups in total. The Morgan fingerprint density at radius 3 is 2.09 bits per heavy atom. The molecule has 4 heteroatoms. The Kier molecular flexibility index (Phi) is 13.5. The summed E-state index contributed by atoms with van der Waals surface area (Å²) in [4.78, 5) is 9.17. The van der Waals surface area contributed by atoms with Crippen molar-refractivity contribution in [3.8, 4) is 17.1 Å². The summed E-state index contributed by atoms with van der Waals surface area (Å²) in [6.07, 6.45) is 17.9. The van der Waals surface area contributed by atoms with Crippen LogP contribution in [0.4, 0.5) is 0 Å². The monoisotopic (exact) mass is 472 g/mol. The van der Waals surface area contributed by atoms with Gasteiger partial charge >= 0.3 is 0 Å². The van der Waals surface area contributed by atoms with Crippen molar-refractivity contribution in [1.29, 1.82) is 0 Å². The van der Waals surface area contributed by atoms with Crippen LogP contribution in [-0.4, -0.2) is 22.0 Å². The lowest BCUT2D eigenvalue weighted by molar-refractivity contribution is 0.280. The maximum Gasteiger partial charge on any atom is 0.159 e. The van der Waals surface area contributed by atoms with Crippen molar-refractivity contribution >= 4 is 11.6 Å². The van der Waals surface area contributed by atoms with E-state index in [0.29, 0.717) is 12.5 Å². The standard InChI is InChI=1S/C29H45ClN2O/c1-5-6-7-8-9-10-11-15-25-20-31-29(32-21-25)26-16-18-27(19-17-26)33-22-28(30)24(4)14-12-13-23(2)3/h16-21,23-24,28H,5-15,22H2,1-4H3/t24-,28+/m0/s1. The number of ether oxygens (including phenoxy) is 1. The van der Waals surface area contributed by atoms with Gasteiger partial charge < -0.3 is 4.74 Å². The average Bonchev–Trinajstić information content (AvgIpc) is 2.82. The van der Waals surface area contributed by atoms with Crippen molar-refractivity contribution in [3.05, 3.63) is 42.2 Å². The van der Waals surface area contributed by atoms with Crippen molar-refractivity contribution in [2.75, 3.05) is 6.61 Å². The highest BCUT2D eigenvalue weighted by molar-refractivity contribution is 6.20.